The molecule has 5 nitrogen and oxygen atoms in total. The van der Waals surface area contributed by atoms with Crippen LogP contribution in [-0.2, 0) is 17.5 Å². The number of nitrogens with zero attached hydrogens (tertiary/aromatic N) is 1. The van der Waals surface area contributed by atoms with Crippen molar-refractivity contribution in [3.63, 3.8) is 0 Å². The lowest BCUT2D eigenvalue weighted by Crippen LogP contribution is -2.52. The zero-order valence-electron chi connectivity index (χ0n) is 13.8. The maximum atomic E-state index is 11.5. The Morgan fingerprint density at radius 1 is 1.23 bits per heavy atom. The van der Waals surface area contributed by atoms with Crippen LogP contribution in [0.3, 0.4) is 0 Å². The van der Waals surface area contributed by atoms with Crippen LogP contribution in [0.25, 0.3) is 0 Å². The van der Waals surface area contributed by atoms with E-state index >= 15 is 0 Å². The topological polar surface area (TPSA) is 82.5 Å². The van der Waals surface area contributed by atoms with Crippen LogP contribution < -0.4 is 10.8 Å². The van der Waals surface area contributed by atoms with Gasteiger partial charge in [0.25, 0.3) is 0 Å². The molecule has 0 fully saturated rings. The molecule has 3 N–H and O–H groups in total. The molecular weight excluding hydrogens is 299 g/mol. The first-order valence-corrected chi connectivity index (χ1v) is 9.52. The Balaban J connectivity index is 2.35. The third kappa shape index (κ3) is 4.17. The normalized spacial score (nSPS) is 17.8. The standard InChI is InChI=1S/C16H27N2O3P/c1-11(2)7-16(8-12(3)4)9-14-13(10-17-16)5-6-15(18-14)22(19,20)21/h5-6,11-12,17H,7-10H2,1-4H3,(H2,19,20,21). The van der Waals surface area contributed by atoms with Crippen molar-refractivity contribution < 1.29 is 14.4 Å². The fourth-order valence-corrected chi connectivity index (χ4v) is 4.12. The van der Waals surface area contributed by atoms with E-state index in [4.69, 9.17) is 0 Å². The van der Waals surface area contributed by atoms with Crippen LogP contribution in [0.4, 0.5) is 0 Å². The monoisotopic (exact) mass is 326 g/mol. The Labute approximate surface area is 132 Å². The molecule has 0 saturated heterocycles. The number of nitrogens with one attached hydrogen (secondary N) is 1. The minimum Gasteiger partial charge on any atom is -0.320 e. The average Bonchev–Trinajstić information content (AvgIpc) is 2.34. The number of pyridine rings is 1. The molecule has 1 aromatic rings. The van der Waals surface area contributed by atoms with Crippen molar-refractivity contribution in [2.75, 3.05) is 0 Å². The Morgan fingerprint density at radius 3 is 2.32 bits per heavy atom. The summed E-state index contributed by atoms with van der Waals surface area (Å²) in [6, 6.07) is 3.23. The number of aromatic nitrogens is 1. The summed E-state index contributed by atoms with van der Waals surface area (Å²) in [5, 5.41) is 3.68. The molecule has 22 heavy (non-hydrogen) atoms. The minimum absolute atomic E-state index is 0.0319. The van der Waals surface area contributed by atoms with Crippen molar-refractivity contribution in [2.24, 2.45) is 11.8 Å². The molecule has 6 heteroatoms. The minimum atomic E-state index is -4.29. The van der Waals surface area contributed by atoms with E-state index in [0.717, 1.165) is 30.5 Å². The van der Waals surface area contributed by atoms with Crippen LogP contribution in [0.15, 0.2) is 12.1 Å². The predicted octanol–water partition coefficient (Wildman–Crippen LogP) is 2.36. The van der Waals surface area contributed by atoms with E-state index in [9.17, 15) is 14.4 Å². The first-order chi connectivity index (χ1) is 10.1. The second kappa shape index (κ2) is 6.40. The highest BCUT2D eigenvalue weighted by Crippen LogP contribution is 2.35. The van der Waals surface area contributed by atoms with Crippen LogP contribution >= 0.6 is 7.60 Å². The van der Waals surface area contributed by atoms with Gasteiger partial charge in [-0.2, -0.15) is 0 Å². The van der Waals surface area contributed by atoms with E-state index in [1.807, 2.05) is 0 Å². The Morgan fingerprint density at radius 2 is 1.82 bits per heavy atom. The molecule has 1 aliphatic heterocycles. The first kappa shape index (κ1) is 17.6. The van der Waals surface area contributed by atoms with E-state index in [1.54, 1.807) is 6.07 Å². The number of hydrogen-bond acceptors (Lipinski definition) is 3. The third-order valence-electron chi connectivity index (χ3n) is 4.11. The maximum absolute atomic E-state index is 11.5. The SMILES string of the molecule is CC(C)CC1(CC(C)C)Cc2nc(P(=O)(O)O)ccc2CN1. The summed E-state index contributed by atoms with van der Waals surface area (Å²) in [5.74, 6) is 1.11. The molecule has 0 unspecified atom stereocenters. The summed E-state index contributed by atoms with van der Waals surface area (Å²) >= 11 is 0. The second-order valence-corrected chi connectivity index (χ2v) is 8.87. The summed E-state index contributed by atoms with van der Waals surface area (Å²) in [4.78, 5) is 23.0. The summed E-state index contributed by atoms with van der Waals surface area (Å²) in [7, 11) is -4.29. The lowest BCUT2D eigenvalue weighted by Gasteiger charge is -2.41. The van der Waals surface area contributed by atoms with Gasteiger partial charge in [-0.3, -0.25) is 4.57 Å². The van der Waals surface area contributed by atoms with Gasteiger partial charge in [-0.05, 0) is 36.3 Å². The molecule has 0 atom stereocenters. The second-order valence-electron chi connectivity index (χ2n) is 7.33. The van der Waals surface area contributed by atoms with E-state index < -0.39 is 7.60 Å². The van der Waals surface area contributed by atoms with Crippen molar-refractivity contribution in [3.05, 3.63) is 23.4 Å². The van der Waals surface area contributed by atoms with Crippen LogP contribution in [0.5, 0.6) is 0 Å². The van der Waals surface area contributed by atoms with Crippen LogP contribution in [0.1, 0.15) is 51.8 Å². The van der Waals surface area contributed by atoms with Gasteiger partial charge in [-0.15, -0.1) is 0 Å². The van der Waals surface area contributed by atoms with Crippen molar-refractivity contribution >= 4 is 13.0 Å². The summed E-state index contributed by atoms with van der Waals surface area (Å²) < 4.78 is 11.5. The Bertz CT molecular complexity index is 571. The molecule has 0 bridgehead atoms. The Hall–Kier alpha value is -0.740. The third-order valence-corrected chi connectivity index (χ3v) is 4.96. The fourth-order valence-electron chi connectivity index (χ4n) is 3.60. The van der Waals surface area contributed by atoms with Gasteiger partial charge in [0.2, 0.25) is 0 Å². The molecule has 2 rings (SSSR count). The lowest BCUT2D eigenvalue weighted by molar-refractivity contribution is 0.205. The van der Waals surface area contributed by atoms with E-state index in [2.05, 4.69) is 38.0 Å². The largest absolute Gasteiger partial charge is 0.374 e. The quantitative estimate of drug-likeness (QED) is 0.724. The van der Waals surface area contributed by atoms with Gasteiger partial charge in [0, 0.05) is 24.2 Å². The maximum Gasteiger partial charge on any atom is 0.374 e. The predicted molar refractivity (Wildman–Crippen MR) is 88.1 cm³/mol. The van der Waals surface area contributed by atoms with Crippen molar-refractivity contribution in [3.8, 4) is 0 Å². The highest BCUT2D eigenvalue weighted by atomic mass is 31.2. The fraction of sp³-hybridized carbons (Fsp3) is 0.688. The van der Waals surface area contributed by atoms with E-state index in [0.29, 0.717) is 18.4 Å². The van der Waals surface area contributed by atoms with Crippen molar-refractivity contribution in [2.45, 2.75) is 59.0 Å². The van der Waals surface area contributed by atoms with Crippen LogP contribution in [0, 0.1) is 11.8 Å². The molecule has 1 aromatic heterocycles. The zero-order valence-corrected chi connectivity index (χ0v) is 14.7. The highest BCUT2D eigenvalue weighted by molar-refractivity contribution is 7.60. The molecule has 124 valence electrons. The molecule has 0 amide bonds. The van der Waals surface area contributed by atoms with E-state index in [-0.39, 0.29) is 11.0 Å². The van der Waals surface area contributed by atoms with Gasteiger partial charge in [0.05, 0.1) is 0 Å². The Kier molecular flexibility index (Phi) is 5.13. The molecule has 0 aromatic carbocycles. The van der Waals surface area contributed by atoms with Gasteiger partial charge in [-0.1, -0.05) is 33.8 Å². The van der Waals surface area contributed by atoms with Gasteiger partial charge >= 0.3 is 7.60 Å². The average molecular weight is 326 g/mol. The molecule has 2 heterocycles. The van der Waals surface area contributed by atoms with Crippen molar-refractivity contribution in [1.82, 2.24) is 10.3 Å². The zero-order chi connectivity index (χ0) is 16.5. The number of hydrogen-bond donors (Lipinski definition) is 3. The summed E-state index contributed by atoms with van der Waals surface area (Å²) in [6.07, 6.45) is 2.80. The smallest absolute Gasteiger partial charge is 0.320 e. The van der Waals surface area contributed by atoms with Gasteiger partial charge < -0.3 is 15.1 Å². The number of rotatable bonds is 5. The first-order valence-electron chi connectivity index (χ1n) is 7.91. The molecule has 0 radical (unpaired) electrons. The van der Waals surface area contributed by atoms with Crippen LogP contribution in [-0.4, -0.2) is 20.3 Å². The van der Waals surface area contributed by atoms with E-state index in [1.165, 1.54) is 6.07 Å². The van der Waals surface area contributed by atoms with Gasteiger partial charge in [-0.25, -0.2) is 4.98 Å². The molecular formula is C16H27N2O3P. The molecule has 0 aliphatic carbocycles. The number of fused-ring (bicyclic) bond motifs is 1. The molecule has 0 spiro atoms. The summed E-state index contributed by atoms with van der Waals surface area (Å²) in [5.41, 5.74) is 1.73. The van der Waals surface area contributed by atoms with Crippen LogP contribution in [0.2, 0.25) is 0 Å². The van der Waals surface area contributed by atoms with Gasteiger partial charge in [0.1, 0.15) is 0 Å². The highest BCUT2D eigenvalue weighted by Gasteiger charge is 2.36. The summed E-state index contributed by atoms with van der Waals surface area (Å²) in [6.45, 7) is 9.54. The van der Waals surface area contributed by atoms with Gasteiger partial charge in [0.15, 0.2) is 5.44 Å². The van der Waals surface area contributed by atoms with Crippen molar-refractivity contribution in [1.29, 1.82) is 0 Å². The lowest BCUT2D eigenvalue weighted by atomic mass is 9.76. The molecule has 0 saturated carbocycles. The molecule has 1 aliphatic rings.